The van der Waals surface area contributed by atoms with Crippen molar-refractivity contribution >= 4 is 11.8 Å². The zero-order valence-corrected chi connectivity index (χ0v) is 20.2. The maximum Gasteiger partial charge on any atom is 0.338 e. The topological polar surface area (TPSA) is 76.1 Å². The summed E-state index contributed by atoms with van der Waals surface area (Å²) in [5.41, 5.74) is 0.196. The molecule has 0 aromatic rings. The third-order valence-corrected chi connectivity index (χ3v) is 11.2. The highest BCUT2D eigenvalue weighted by atomic mass is 16.6. The van der Waals surface area contributed by atoms with Gasteiger partial charge in [0.15, 0.2) is 5.78 Å². The molecule has 3 saturated carbocycles. The van der Waals surface area contributed by atoms with Gasteiger partial charge in [-0.25, -0.2) is 4.79 Å². The van der Waals surface area contributed by atoms with Crippen LogP contribution in [0.2, 0.25) is 0 Å². The molecule has 2 aliphatic heterocycles. The number of aliphatic hydroxyl groups is 1. The lowest BCUT2D eigenvalue weighted by Crippen LogP contribution is -2.63. The number of rotatable bonds is 2. The maximum absolute atomic E-state index is 13.3. The number of epoxide rings is 1. The lowest BCUT2D eigenvalue weighted by atomic mass is 9.44. The van der Waals surface area contributed by atoms with Crippen LogP contribution in [0.3, 0.4) is 0 Å². The molecule has 1 saturated heterocycles. The SMILES string of the molecule is C=C1C(=O)O[C@@H]([C@@H](C)[C@H]2CC[C@H]3[C@@H]4C[C@H]5O[C@]56[C@@H](O)C=CC(=O)[C@]6(C)[C@H]4CC[C@]23C)C=C1C. The van der Waals surface area contributed by atoms with Gasteiger partial charge in [-0.3, -0.25) is 4.79 Å². The van der Waals surface area contributed by atoms with E-state index in [0.29, 0.717) is 23.3 Å². The summed E-state index contributed by atoms with van der Waals surface area (Å²) in [6, 6.07) is 0. The molecule has 0 unspecified atom stereocenters. The van der Waals surface area contributed by atoms with Gasteiger partial charge in [-0.2, -0.15) is 0 Å². The van der Waals surface area contributed by atoms with Crippen molar-refractivity contribution in [2.45, 2.75) is 83.7 Å². The van der Waals surface area contributed by atoms with Crippen LogP contribution in [-0.2, 0) is 19.1 Å². The number of hydrogen-bond donors (Lipinski definition) is 1. The van der Waals surface area contributed by atoms with Crippen LogP contribution in [0.5, 0.6) is 0 Å². The molecule has 5 heteroatoms. The van der Waals surface area contributed by atoms with Gasteiger partial charge in [0.05, 0.1) is 17.1 Å². The zero-order chi connectivity index (χ0) is 23.5. The van der Waals surface area contributed by atoms with E-state index in [9.17, 15) is 14.7 Å². The first kappa shape index (κ1) is 21.8. The predicted octanol–water partition coefficient (Wildman–Crippen LogP) is 4.16. The summed E-state index contributed by atoms with van der Waals surface area (Å²) in [6.07, 6.45) is 9.66. The Hall–Kier alpha value is -1.72. The summed E-state index contributed by atoms with van der Waals surface area (Å²) >= 11 is 0. The number of carbonyl (C=O) groups excluding carboxylic acids is 2. The monoisotopic (exact) mass is 452 g/mol. The molecular weight excluding hydrogens is 416 g/mol. The maximum atomic E-state index is 13.3. The van der Waals surface area contributed by atoms with E-state index < -0.39 is 17.1 Å². The van der Waals surface area contributed by atoms with Crippen LogP contribution in [0.25, 0.3) is 0 Å². The van der Waals surface area contributed by atoms with Gasteiger partial charge in [-0.15, -0.1) is 0 Å². The predicted molar refractivity (Wildman–Crippen MR) is 123 cm³/mol. The first-order chi connectivity index (χ1) is 15.6. The molecule has 6 aliphatic rings. The van der Waals surface area contributed by atoms with Crippen LogP contribution in [0.15, 0.2) is 36.0 Å². The van der Waals surface area contributed by atoms with E-state index in [-0.39, 0.29) is 41.2 Å². The quantitative estimate of drug-likeness (QED) is 0.387. The molecule has 2 heterocycles. The van der Waals surface area contributed by atoms with E-state index in [4.69, 9.17) is 9.47 Å². The minimum absolute atomic E-state index is 0.0256. The first-order valence-electron chi connectivity index (χ1n) is 12.7. The van der Waals surface area contributed by atoms with E-state index in [0.717, 1.165) is 37.7 Å². The normalized spacial score (nSPS) is 53.3. The third-order valence-electron chi connectivity index (χ3n) is 11.2. The van der Waals surface area contributed by atoms with Gasteiger partial charge < -0.3 is 14.6 Å². The number of fused-ring (bicyclic) bond motifs is 4. The Labute approximate surface area is 196 Å². The molecule has 1 spiro atoms. The Morgan fingerprint density at radius 2 is 1.94 bits per heavy atom. The van der Waals surface area contributed by atoms with Crippen molar-refractivity contribution in [2.24, 2.45) is 40.4 Å². The van der Waals surface area contributed by atoms with Crippen molar-refractivity contribution in [2.75, 3.05) is 0 Å². The van der Waals surface area contributed by atoms with Crippen LogP contribution in [0.4, 0.5) is 0 Å². The molecule has 178 valence electrons. The summed E-state index contributed by atoms with van der Waals surface area (Å²) in [5.74, 6) is 1.74. The van der Waals surface area contributed by atoms with Crippen molar-refractivity contribution in [1.29, 1.82) is 0 Å². The van der Waals surface area contributed by atoms with Crippen LogP contribution in [-0.4, -0.2) is 40.8 Å². The number of hydrogen-bond acceptors (Lipinski definition) is 5. The van der Waals surface area contributed by atoms with E-state index in [2.05, 4.69) is 33.4 Å². The fourth-order valence-corrected chi connectivity index (χ4v) is 9.32. The Kier molecular flexibility index (Phi) is 4.42. The molecule has 1 N–H and O–H groups in total. The van der Waals surface area contributed by atoms with Gasteiger partial charge in [0.1, 0.15) is 17.8 Å². The zero-order valence-electron chi connectivity index (χ0n) is 20.2. The molecule has 0 aromatic heterocycles. The van der Waals surface area contributed by atoms with Crippen LogP contribution >= 0.6 is 0 Å². The number of aliphatic hydroxyl groups excluding tert-OH is 1. The minimum atomic E-state index is -0.708. The summed E-state index contributed by atoms with van der Waals surface area (Å²) in [6.45, 7) is 12.5. The lowest BCUT2D eigenvalue weighted by Gasteiger charge is -2.58. The smallest absolute Gasteiger partial charge is 0.338 e. The van der Waals surface area contributed by atoms with E-state index >= 15 is 0 Å². The van der Waals surface area contributed by atoms with Gasteiger partial charge in [-0.05, 0) is 98.8 Å². The number of allylic oxidation sites excluding steroid dienone is 1. The van der Waals surface area contributed by atoms with E-state index in [1.807, 2.05) is 6.92 Å². The Balaban J connectivity index is 1.30. The second kappa shape index (κ2) is 6.69. The molecule has 33 heavy (non-hydrogen) atoms. The summed E-state index contributed by atoms with van der Waals surface area (Å²) in [5, 5.41) is 10.8. The van der Waals surface area contributed by atoms with Crippen molar-refractivity contribution in [3.05, 3.63) is 36.0 Å². The molecule has 0 radical (unpaired) electrons. The summed E-state index contributed by atoms with van der Waals surface area (Å²) in [4.78, 5) is 25.6. The minimum Gasteiger partial charge on any atom is -0.454 e. The fraction of sp³-hybridized carbons (Fsp3) is 0.714. The molecule has 4 fully saturated rings. The first-order valence-corrected chi connectivity index (χ1v) is 12.7. The lowest BCUT2D eigenvalue weighted by molar-refractivity contribution is -0.153. The van der Waals surface area contributed by atoms with Crippen LogP contribution in [0.1, 0.15) is 59.8 Å². The Morgan fingerprint density at radius 1 is 1.18 bits per heavy atom. The number of esters is 1. The van der Waals surface area contributed by atoms with Gasteiger partial charge in [0.2, 0.25) is 0 Å². The van der Waals surface area contributed by atoms with Gasteiger partial charge >= 0.3 is 5.97 Å². The van der Waals surface area contributed by atoms with Crippen LogP contribution < -0.4 is 0 Å². The fourth-order valence-electron chi connectivity index (χ4n) is 9.32. The summed E-state index contributed by atoms with van der Waals surface area (Å²) in [7, 11) is 0. The second-order valence-corrected chi connectivity index (χ2v) is 12.2. The highest BCUT2D eigenvalue weighted by molar-refractivity contribution is 5.98. The van der Waals surface area contributed by atoms with Crippen molar-refractivity contribution < 1.29 is 24.2 Å². The number of ketones is 1. The van der Waals surface area contributed by atoms with Crippen molar-refractivity contribution in [1.82, 2.24) is 0 Å². The largest absolute Gasteiger partial charge is 0.454 e. The molecule has 4 aliphatic carbocycles. The molecule has 0 aromatic carbocycles. The molecule has 6 rings (SSSR count). The Morgan fingerprint density at radius 3 is 2.67 bits per heavy atom. The van der Waals surface area contributed by atoms with E-state index in [1.54, 1.807) is 12.2 Å². The Bertz CT molecular complexity index is 1010. The summed E-state index contributed by atoms with van der Waals surface area (Å²) < 4.78 is 12.0. The molecule has 5 nitrogen and oxygen atoms in total. The van der Waals surface area contributed by atoms with Gasteiger partial charge in [0, 0.05) is 5.92 Å². The second-order valence-electron chi connectivity index (χ2n) is 12.2. The van der Waals surface area contributed by atoms with Crippen molar-refractivity contribution in [3.63, 3.8) is 0 Å². The number of carbonyl (C=O) groups is 2. The highest BCUT2D eigenvalue weighted by Gasteiger charge is 2.80. The molecule has 0 amide bonds. The highest BCUT2D eigenvalue weighted by Crippen LogP contribution is 2.73. The average molecular weight is 453 g/mol. The van der Waals surface area contributed by atoms with Gasteiger partial charge in [0.25, 0.3) is 0 Å². The molecule has 0 bridgehead atoms. The van der Waals surface area contributed by atoms with Crippen molar-refractivity contribution in [3.8, 4) is 0 Å². The van der Waals surface area contributed by atoms with E-state index in [1.165, 1.54) is 0 Å². The van der Waals surface area contributed by atoms with Crippen LogP contribution in [0, 0.1) is 40.4 Å². The molecular formula is C28H36O5. The average Bonchev–Trinajstić information content (AvgIpc) is 3.41. The molecule has 11 atom stereocenters. The third kappa shape index (κ3) is 2.51. The number of ether oxygens (including phenoxy) is 2. The number of cyclic esters (lactones) is 1. The standard InChI is InChI=1S/C28H36O5/c1-14-12-21(32-25(31)15(14)2)16(3)18-6-7-19-17-13-24-28(33-24)23(30)9-8-22(29)27(28,5)20(17)10-11-26(18,19)4/h8-9,12,16-21,23-24,30H,2,6-7,10-11,13H2,1,3-5H3/t16-,17-,18+,19-,20-,21+,23-,24+,26+,27-,28+/m0/s1. The van der Waals surface area contributed by atoms with Gasteiger partial charge in [-0.1, -0.05) is 20.4 Å².